The second kappa shape index (κ2) is 7.50. The van der Waals surface area contributed by atoms with Crippen LogP contribution in [-0.2, 0) is 0 Å². The zero-order chi connectivity index (χ0) is 20.7. The quantitative estimate of drug-likeness (QED) is 0.701. The molecule has 0 saturated carbocycles. The van der Waals surface area contributed by atoms with Gasteiger partial charge < -0.3 is 15.3 Å². The minimum absolute atomic E-state index is 0.0145. The number of carbonyl (C=O) groups excluding carboxylic acids is 1. The first-order valence-corrected chi connectivity index (χ1v) is 10.00. The van der Waals surface area contributed by atoms with Gasteiger partial charge in [0.15, 0.2) is 0 Å². The Morgan fingerprint density at radius 1 is 1.20 bits per heavy atom. The lowest BCUT2D eigenvalue weighted by molar-refractivity contribution is 0.0694. The molecule has 0 unspecified atom stereocenters. The van der Waals surface area contributed by atoms with Crippen LogP contribution in [0.25, 0.3) is 11.1 Å². The maximum absolute atomic E-state index is 13.8. The number of aliphatic hydroxyl groups excluding tert-OH is 1. The van der Waals surface area contributed by atoms with Crippen molar-refractivity contribution in [3.8, 4) is 11.1 Å². The molecule has 3 aromatic rings. The van der Waals surface area contributed by atoms with Crippen molar-refractivity contribution in [2.45, 2.75) is 18.5 Å². The third-order valence-corrected chi connectivity index (χ3v) is 6.07. The Bertz CT molecular complexity index is 1090. The Labute approximate surface area is 173 Å². The van der Waals surface area contributed by atoms with Gasteiger partial charge in [-0.15, -0.1) is 0 Å². The molecule has 1 saturated heterocycles. The molecule has 2 aliphatic heterocycles. The number of likely N-dealkylation sites (tertiary alicyclic amines) is 1. The first-order valence-electron chi connectivity index (χ1n) is 10.00. The van der Waals surface area contributed by atoms with Gasteiger partial charge in [0, 0.05) is 30.5 Å². The van der Waals surface area contributed by atoms with Gasteiger partial charge in [0.05, 0.1) is 24.9 Å². The van der Waals surface area contributed by atoms with E-state index in [9.17, 15) is 14.3 Å². The van der Waals surface area contributed by atoms with Gasteiger partial charge in [0.2, 0.25) is 0 Å². The molecule has 6 nitrogen and oxygen atoms in total. The minimum atomic E-state index is -0.290. The summed E-state index contributed by atoms with van der Waals surface area (Å²) in [4.78, 5) is 23.2. The molecule has 1 amide bonds. The number of fused-ring (bicyclic) bond motifs is 3. The largest absolute Gasteiger partial charge is 0.394 e. The Balaban J connectivity index is 1.58. The summed E-state index contributed by atoms with van der Waals surface area (Å²) >= 11 is 0. The van der Waals surface area contributed by atoms with Gasteiger partial charge in [0.25, 0.3) is 5.91 Å². The van der Waals surface area contributed by atoms with Crippen LogP contribution in [0.5, 0.6) is 0 Å². The molecule has 2 aliphatic rings. The number of nitrogens with one attached hydrogen (secondary N) is 1. The maximum Gasteiger partial charge on any atom is 0.274 e. The van der Waals surface area contributed by atoms with Crippen molar-refractivity contribution in [1.82, 2.24) is 14.9 Å². The van der Waals surface area contributed by atoms with Crippen LogP contribution in [0.3, 0.4) is 0 Å². The lowest BCUT2D eigenvalue weighted by atomic mass is 9.82. The molecular formula is C23H21FN4O2. The monoisotopic (exact) mass is 404 g/mol. The van der Waals surface area contributed by atoms with Crippen LogP contribution in [0, 0.1) is 11.7 Å². The summed E-state index contributed by atoms with van der Waals surface area (Å²) in [6.07, 6.45) is 5.30. The number of aromatic nitrogens is 2. The second-order valence-electron chi connectivity index (χ2n) is 7.73. The Kier molecular flexibility index (Phi) is 4.67. The fourth-order valence-electron chi connectivity index (χ4n) is 4.69. The normalized spacial score (nSPS) is 22.2. The third kappa shape index (κ3) is 3.11. The van der Waals surface area contributed by atoms with Gasteiger partial charge in [-0.3, -0.25) is 9.78 Å². The van der Waals surface area contributed by atoms with Crippen LogP contribution in [0.1, 0.15) is 28.5 Å². The molecule has 1 aromatic heterocycles. The number of halogens is 1. The van der Waals surface area contributed by atoms with Gasteiger partial charge in [0.1, 0.15) is 11.5 Å². The summed E-state index contributed by atoms with van der Waals surface area (Å²) in [7, 11) is 0. The summed E-state index contributed by atoms with van der Waals surface area (Å²) < 4.78 is 13.8. The van der Waals surface area contributed by atoms with Crippen molar-refractivity contribution in [1.29, 1.82) is 0 Å². The average Bonchev–Trinajstić information content (AvgIpc) is 3.24. The van der Waals surface area contributed by atoms with Crippen LogP contribution < -0.4 is 5.32 Å². The Hall–Kier alpha value is -3.32. The van der Waals surface area contributed by atoms with Crippen molar-refractivity contribution in [3.05, 3.63) is 78.1 Å². The number of rotatable bonds is 3. The minimum Gasteiger partial charge on any atom is -0.394 e. The highest BCUT2D eigenvalue weighted by Crippen LogP contribution is 2.47. The summed E-state index contributed by atoms with van der Waals surface area (Å²) in [6, 6.07) is 12.0. The molecule has 3 heterocycles. The van der Waals surface area contributed by atoms with E-state index < -0.39 is 0 Å². The summed E-state index contributed by atoms with van der Waals surface area (Å²) in [6.45, 7) is 0.561. The lowest BCUT2D eigenvalue weighted by Crippen LogP contribution is -2.43. The standard InChI is InChI=1S/C23H21FN4O2/c24-16-3-1-2-14(10-16)15-4-5-19-18(11-15)22-17(21(13-29)27-19)6-9-28(22)23(30)20-12-25-7-8-26-20/h1-5,7-8,10-12,17,21-22,27,29H,6,9,13H2/t17-,21+,22-/m1/s1. The number of benzene rings is 2. The summed E-state index contributed by atoms with van der Waals surface area (Å²) in [5, 5.41) is 13.4. The van der Waals surface area contributed by atoms with E-state index in [4.69, 9.17) is 0 Å². The van der Waals surface area contributed by atoms with Crippen molar-refractivity contribution in [2.24, 2.45) is 5.92 Å². The van der Waals surface area contributed by atoms with Gasteiger partial charge >= 0.3 is 0 Å². The van der Waals surface area contributed by atoms with Gasteiger partial charge in [-0.1, -0.05) is 18.2 Å². The number of nitrogens with zero attached hydrogens (tertiary/aromatic N) is 3. The van der Waals surface area contributed by atoms with Crippen molar-refractivity contribution >= 4 is 11.6 Å². The zero-order valence-electron chi connectivity index (χ0n) is 16.2. The molecule has 0 radical (unpaired) electrons. The molecule has 0 spiro atoms. The predicted octanol–water partition coefficient (Wildman–Crippen LogP) is 3.27. The summed E-state index contributed by atoms with van der Waals surface area (Å²) in [5.41, 5.74) is 3.83. The summed E-state index contributed by atoms with van der Waals surface area (Å²) in [5.74, 6) is -0.385. The Morgan fingerprint density at radius 3 is 2.83 bits per heavy atom. The van der Waals surface area contributed by atoms with Crippen LogP contribution in [-0.4, -0.2) is 45.1 Å². The van der Waals surface area contributed by atoms with Gasteiger partial charge in [-0.2, -0.15) is 0 Å². The smallest absolute Gasteiger partial charge is 0.274 e. The van der Waals surface area contributed by atoms with E-state index in [1.165, 1.54) is 30.7 Å². The number of hydrogen-bond acceptors (Lipinski definition) is 5. The fraction of sp³-hybridized carbons (Fsp3) is 0.261. The maximum atomic E-state index is 13.8. The van der Waals surface area contributed by atoms with Gasteiger partial charge in [-0.25, -0.2) is 9.37 Å². The molecule has 2 aromatic carbocycles. The van der Waals surface area contributed by atoms with E-state index in [2.05, 4.69) is 15.3 Å². The highest BCUT2D eigenvalue weighted by molar-refractivity contribution is 5.93. The fourth-order valence-corrected chi connectivity index (χ4v) is 4.69. The second-order valence-corrected chi connectivity index (χ2v) is 7.73. The number of amides is 1. The highest BCUT2D eigenvalue weighted by Gasteiger charge is 2.46. The van der Waals surface area contributed by atoms with Crippen LogP contribution in [0.15, 0.2) is 61.1 Å². The molecule has 0 bridgehead atoms. The molecular weight excluding hydrogens is 383 g/mol. The predicted molar refractivity (Wildman–Crippen MR) is 110 cm³/mol. The molecule has 30 heavy (non-hydrogen) atoms. The molecule has 7 heteroatoms. The van der Waals surface area contributed by atoms with Crippen molar-refractivity contribution in [3.63, 3.8) is 0 Å². The van der Waals surface area contributed by atoms with E-state index in [1.54, 1.807) is 6.07 Å². The van der Waals surface area contributed by atoms with Gasteiger partial charge in [-0.05, 0) is 47.4 Å². The first-order chi connectivity index (χ1) is 14.7. The van der Waals surface area contributed by atoms with Crippen LogP contribution in [0.4, 0.5) is 10.1 Å². The van der Waals surface area contributed by atoms with E-state index in [-0.39, 0.29) is 36.3 Å². The first kappa shape index (κ1) is 18.7. The van der Waals surface area contributed by atoms with Crippen LogP contribution in [0.2, 0.25) is 0 Å². The number of hydrogen-bond donors (Lipinski definition) is 2. The molecule has 152 valence electrons. The Morgan fingerprint density at radius 2 is 2.07 bits per heavy atom. The number of carbonyl (C=O) groups is 1. The molecule has 0 aliphatic carbocycles. The molecule has 1 fully saturated rings. The number of aliphatic hydroxyl groups is 1. The SMILES string of the molecule is O=C(c1cnccn1)N1CC[C@@H]2[C@H](CO)Nc3ccc(-c4cccc(F)c4)cc3[C@@H]21. The molecule has 2 N–H and O–H groups in total. The molecule has 3 atom stereocenters. The topological polar surface area (TPSA) is 78.4 Å². The van der Waals surface area contributed by atoms with E-state index >= 15 is 0 Å². The zero-order valence-corrected chi connectivity index (χ0v) is 16.2. The van der Waals surface area contributed by atoms with Crippen molar-refractivity contribution in [2.75, 3.05) is 18.5 Å². The lowest BCUT2D eigenvalue weighted by Gasteiger charge is -2.39. The van der Waals surface area contributed by atoms with E-state index in [0.717, 1.165) is 28.8 Å². The number of anilines is 1. The highest BCUT2D eigenvalue weighted by atomic mass is 19.1. The third-order valence-electron chi connectivity index (χ3n) is 6.07. The van der Waals surface area contributed by atoms with E-state index in [0.29, 0.717) is 12.2 Å². The van der Waals surface area contributed by atoms with E-state index in [1.807, 2.05) is 29.2 Å². The van der Waals surface area contributed by atoms with Crippen LogP contribution >= 0.6 is 0 Å². The molecule has 5 rings (SSSR count). The van der Waals surface area contributed by atoms with Crippen molar-refractivity contribution < 1.29 is 14.3 Å². The average molecular weight is 404 g/mol.